The maximum absolute atomic E-state index is 10.2. The van der Waals surface area contributed by atoms with Gasteiger partial charge in [0.2, 0.25) is 0 Å². The molecule has 0 bridgehead atoms. The van der Waals surface area contributed by atoms with Crippen LogP contribution in [0.15, 0.2) is 12.0 Å². The Morgan fingerprint density at radius 3 is 2.75 bits per heavy atom. The van der Waals surface area contributed by atoms with Gasteiger partial charge in [-0.1, -0.05) is 0 Å². The first kappa shape index (κ1) is 5.15. The Kier molecular flexibility index (Phi) is 1.20. The van der Waals surface area contributed by atoms with E-state index in [-0.39, 0.29) is 11.7 Å². The van der Waals surface area contributed by atoms with Crippen molar-refractivity contribution in [1.82, 2.24) is 0 Å². The summed E-state index contributed by atoms with van der Waals surface area (Å²) in [6.45, 7) is 0. The van der Waals surface area contributed by atoms with Crippen LogP contribution in [-0.4, -0.2) is 11.1 Å². The third-order valence-electron chi connectivity index (χ3n) is 0.912. The molecule has 3 heteroatoms. The highest BCUT2D eigenvalue weighted by Gasteiger charge is 2.08. The predicted molar refractivity (Wildman–Crippen MR) is 26.0 cm³/mol. The molecule has 0 spiro atoms. The maximum Gasteiger partial charge on any atom is 0.311 e. The van der Waals surface area contributed by atoms with Crippen molar-refractivity contribution in [1.29, 1.82) is 0 Å². The van der Waals surface area contributed by atoms with Gasteiger partial charge >= 0.3 is 5.97 Å². The standard InChI is InChI=1S/C5H6O3/c6-4-1-2-5(7)8-3-4/h3,6H,1-2H2. The molecule has 1 N–H and O–H groups in total. The Morgan fingerprint density at radius 1 is 1.62 bits per heavy atom. The quantitative estimate of drug-likeness (QED) is 0.472. The number of carbonyl (C=O) groups excluding carboxylic acids is 1. The molecule has 0 aromatic rings. The molecule has 0 atom stereocenters. The Labute approximate surface area is 46.6 Å². The number of hydrogen-bond acceptors (Lipinski definition) is 3. The van der Waals surface area contributed by atoms with E-state index < -0.39 is 0 Å². The molecule has 1 rings (SSSR count). The lowest BCUT2D eigenvalue weighted by Gasteiger charge is -2.04. The van der Waals surface area contributed by atoms with Gasteiger partial charge in [0.1, 0.15) is 12.0 Å². The Bertz CT molecular complexity index is 137. The van der Waals surface area contributed by atoms with E-state index in [4.69, 9.17) is 5.11 Å². The summed E-state index contributed by atoms with van der Waals surface area (Å²) in [6, 6.07) is 0. The third-order valence-corrected chi connectivity index (χ3v) is 0.912. The molecule has 0 saturated heterocycles. The number of aliphatic hydroxyl groups excluding tert-OH is 1. The molecule has 0 aromatic carbocycles. The van der Waals surface area contributed by atoms with Gasteiger partial charge in [-0.2, -0.15) is 0 Å². The average Bonchev–Trinajstić information content (AvgIpc) is 1.77. The highest BCUT2D eigenvalue weighted by molar-refractivity contribution is 5.71. The van der Waals surface area contributed by atoms with Crippen LogP contribution in [0.4, 0.5) is 0 Å². The number of cyclic esters (lactones) is 1. The molecule has 44 valence electrons. The first-order valence-corrected chi connectivity index (χ1v) is 2.36. The minimum atomic E-state index is -0.275. The predicted octanol–water partition coefficient (Wildman–Crippen LogP) is 0.723. The number of ether oxygens (including phenoxy) is 1. The number of carbonyl (C=O) groups is 1. The Morgan fingerprint density at radius 2 is 2.38 bits per heavy atom. The second-order valence-corrected chi connectivity index (χ2v) is 1.60. The second-order valence-electron chi connectivity index (χ2n) is 1.60. The van der Waals surface area contributed by atoms with Gasteiger partial charge < -0.3 is 9.84 Å². The van der Waals surface area contributed by atoms with Gasteiger partial charge in [-0.15, -0.1) is 0 Å². The minimum Gasteiger partial charge on any atom is -0.509 e. The molecule has 3 nitrogen and oxygen atoms in total. The number of esters is 1. The van der Waals surface area contributed by atoms with Gasteiger partial charge in [0.05, 0.1) is 6.42 Å². The van der Waals surface area contributed by atoms with E-state index in [1.165, 1.54) is 0 Å². The van der Waals surface area contributed by atoms with Crippen LogP contribution in [-0.2, 0) is 9.53 Å². The molecule has 0 saturated carbocycles. The average molecular weight is 114 g/mol. The summed E-state index contributed by atoms with van der Waals surface area (Å²) in [5, 5.41) is 8.61. The Hall–Kier alpha value is -0.990. The van der Waals surface area contributed by atoms with Gasteiger partial charge in [-0.05, 0) is 0 Å². The minimum absolute atomic E-state index is 0.143. The van der Waals surface area contributed by atoms with Crippen molar-refractivity contribution in [2.24, 2.45) is 0 Å². The van der Waals surface area contributed by atoms with Crippen LogP contribution >= 0.6 is 0 Å². The summed E-state index contributed by atoms with van der Waals surface area (Å²) < 4.78 is 4.34. The molecule has 0 aromatic heterocycles. The van der Waals surface area contributed by atoms with E-state index in [0.29, 0.717) is 12.8 Å². The second kappa shape index (κ2) is 1.86. The fourth-order valence-corrected chi connectivity index (χ4v) is 0.482. The Balaban J connectivity index is 2.55. The van der Waals surface area contributed by atoms with E-state index in [1.807, 2.05) is 0 Å². The molecule has 0 fully saturated rings. The van der Waals surface area contributed by atoms with Crippen LogP contribution in [0.1, 0.15) is 12.8 Å². The number of hydrogen-bond donors (Lipinski definition) is 1. The highest BCUT2D eigenvalue weighted by Crippen LogP contribution is 2.08. The summed E-state index contributed by atoms with van der Waals surface area (Å²) in [5.41, 5.74) is 0. The lowest BCUT2D eigenvalue weighted by molar-refractivity contribution is -0.139. The smallest absolute Gasteiger partial charge is 0.311 e. The summed E-state index contributed by atoms with van der Waals surface area (Å²) in [6.07, 6.45) is 1.78. The molecule has 8 heavy (non-hydrogen) atoms. The van der Waals surface area contributed by atoms with E-state index in [0.717, 1.165) is 6.26 Å². The summed E-state index contributed by atoms with van der Waals surface area (Å²) in [5.74, 6) is -0.132. The summed E-state index contributed by atoms with van der Waals surface area (Å²) in [4.78, 5) is 10.2. The zero-order valence-corrected chi connectivity index (χ0v) is 4.26. The van der Waals surface area contributed by atoms with Crippen molar-refractivity contribution in [3.8, 4) is 0 Å². The number of rotatable bonds is 0. The maximum atomic E-state index is 10.2. The summed E-state index contributed by atoms with van der Waals surface area (Å²) in [7, 11) is 0. The van der Waals surface area contributed by atoms with Crippen LogP contribution in [0.5, 0.6) is 0 Å². The van der Waals surface area contributed by atoms with Gasteiger partial charge in [-0.25, -0.2) is 0 Å². The molecular formula is C5H6O3. The number of aliphatic hydroxyl groups is 1. The van der Waals surface area contributed by atoms with E-state index in [2.05, 4.69) is 4.74 Å². The normalized spacial score (nSPS) is 19.5. The van der Waals surface area contributed by atoms with Crippen LogP contribution < -0.4 is 0 Å². The molecular weight excluding hydrogens is 108 g/mol. The van der Waals surface area contributed by atoms with Gasteiger partial charge in [0.25, 0.3) is 0 Å². The molecule has 0 unspecified atom stereocenters. The first-order valence-electron chi connectivity index (χ1n) is 2.36. The molecule has 0 aliphatic carbocycles. The first-order chi connectivity index (χ1) is 3.79. The molecule has 1 heterocycles. The van der Waals surface area contributed by atoms with Crippen molar-refractivity contribution in [3.63, 3.8) is 0 Å². The van der Waals surface area contributed by atoms with Crippen LogP contribution in [0.25, 0.3) is 0 Å². The van der Waals surface area contributed by atoms with E-state index >= 15 is 0 Å². The van der Waals surface area contributed by atoms with Gasteiger partial charge in [0, 0.05) is 6.42 Å². The largest absolute Gasteiger partial charge is 0.509 e. The van der Waals surface area contributed by atoms with Crippen LogP contribution in [0.2, 0.25) is 0 Å². The lowest BCUT2D eigenvalue weighted by Crippen LogP contribution is -2.05. The van der Waals surface area contributed by atoms with Crippen molar-refractivity contribution in [2.75, 3.05) is 0 Å². The van der Waals surface area contributed by atoms with Crippen molar-refractivity contribution < 1.29 is 14.6 Å². The monoisotopic (exact) mass is 114 g/mol. The van der Waals surface area contributed by atoms with Crippen molar-refractivity contribution in [2.45, 2.75) is 12.8 Å². The zero-order chi connectivity index (χ0) is 5.98. The lowest BCUT2D eigenvalue weighted by atomic mass is 10.2. The molecule has 0 radical (unpaired) electrons. The highest BCUT2D eigenvalue weighted by atomic mass is 16.5. The van der Waals surface area contributed by atoms with Gasteiger partial charge in [0.15, 0.2) is 0 Å². The number of allylic oxidation sites excluding steroid dienone is 1. The van der Waals surface area contributed by atoms with E-state index in [9.17, 15) is 4.79 Å². The van der Waals surface area contributed by atoms with E-state index in [1.54, 1.807) is 0 Å². The van der Waals surface area contributed by atoms with Crippen molar-refractivity contribution >= 4 is 5.97 Å². The summed E-state index contributed by atoms with van der Waals surface area (Å²) >= 11 is 0. The van der Waals surface area contributed by atoms with Crippen LogP contribution in [0, 0.1) is 0 Å². The fraction of sp³-hybridized carbons (Fsp3) is 0.400. The third kappa shape index (κ3) is 0.992. The SMILES string of the molecule is O=C1CCC(O)=CO1. The zero-order valence-electron chi connectivity index (χ0n) is 4.26. The fourth-order valence-electron chi connectivity index (χ4n) is 0.482. The molecule has 0 amide bonds. The van der Waals surface area contributed by atoms with Gasteiger partial charge in [-0.3, -0.25) is 4.79 Å². The molecule has 1 aliphatic heterocycles. The topological polar surface area (TPSA) is 46.5 Å². The molecule has 1 aliphatic rings. The van der Waals surface area contributed by atoms with Crippen molar-refractivity contribution in [3.05, 3.63) is 12.0 Å². The van der Waals surface area contributed by atoms with Crippen LogP contribution in [0.3, 0.4) is 0 Å².